The number of para-hydroxylation sites is 1. The molecule has 0 aliphatic rings. The molecule has 0 unspecified atom stereocenters. The lowest BCUT2D eigenvalue weighted by atomic mass is 10.2. The molecule has 0 bridgehead atoms. The number of halogens is 1. The largest absolute Gasteiger partial charge is 0.496 e. The van der Waals surface area contributed by atoms with Gasteiger partial charge in [-0.3, -0.25) is 20.4 Å². The number of nitrogens with one attached hydrogen (secondary N) is 2. The lowest BCUT2D eigenvalue weighted by Gasteiger charge is -2.12. The SMILES string of the molecule is CCCCCOc1ccccc1C(=O)NNC(=O)c1ccc(OC)c(I)c1. The van der Waals surface area contributed by atoms with Crippen molar-refractivity contribution in [3.63, 3.8) is 0 Å². The van der Waals surface area contributed by atoms with Crippen LogP contribution in [0.1, 0.15) is 46.9 Å². The van der Waals surface area contributed by atoms with Gasteiger partial charge >= 0.3 is 0 Å². The second-order valence-corrected chi connectivity index (χ2v) is 6.97. The van der Waals surface area contributed by atoms with Crippen LogP contribution in [0.15, 0.2) is 42.5 Å². The average molecular weight is 482 g/mol. The van der Waals surface area contributed by atoms with Gasteiger partial charge in [0.05, 0.1) is 22.9 Å². The quantitative estimate of drug-likeness (QED) is 0.340. The summed E-state index contributed by atoms with van der Waals surface area (Å²) in [5.41, 5.74) is 5.66. The molecule has 0 aromatic heterocycles. The summed E-state index contributed by atoms with van der Waals surface area (Å²) in [5, 5.41) is 0. The van der Waals surface area contributed by atoms with Crippen molar-refractivity contribution in [2.45, 2.75) is 26.2 Å². The summed E-state index contributed by atoms with van der Waals surface area (Å²) >= 11 is 2.08. The topological polar surface area (TPSA) is 76.7 Å². The number of hydrazine groups is 1. The number of ether oxygens (including phenoxy) is 2. The van der Waals surface area contributed by atoms with E-state index in [0.717, 1.165) is 22.8 Å². The van der Waals surface area contributed by atoms with Gasteiger partial charge in [0, 0.05) is 5.56 Å². The number of carbonyl (C=O) groups excluding carboxylic acids is 2. The zero-order valence-electron chi connectivity index (χ0n) is 15.4. The van der Waals surface area contributed by atoms with Crippen molar-refractivity contribution in [2.24, 2.45) is 0 Å². The van der Waals surface area contributed by atoms with E-state index in [1.54, 1.807) is 43.5 Å². The molecule has 0 aliphatic carbocycles. The van der Waals surface area contributed by atoms with Crippen LogP contribution in [0, 0.1) is 3.57 Å². The molecule has 2 rings (SSSR count). The molecule has 7 heteroatoms. The molecule has 0 spiro atoms. The second-order valence-electron chi connectivity index (χ2n) is 5.81. The number of methoxy groups -OCH3 is 1. The van der Waals surface area contributed by atoms with Crippen molar-refractivity contribution in [1.82, 2.24) is 10.9 Å². The molecule has 0 atom stereocenters. The Hall–Kier alpha value is -2.29. The van der Waals surface area contributed by atoms with Gasteiger partial charge in [0.25, 0.3) is 11.8 Å². The molecule has 2 aromatic carbocycles. The molecule has 2 aromatic rings. The van der Waals surface area contributed by atoms with Gasteiger partial charge in [-0.1, -0.05) is 31.9 Å². The minimum Gasteiger partial charge on any atom is -0.496 e. The van der Waals surface area contributed by atoms with Gasteiger partial charge in [0.1, 0.15) is 11.5 Å². The first-order chi connectivity index (χ1) is 13.1. The van der Waals surface area contributed by atoms with E-state index in [0.29, 0.717) is 29.2 Å². The van der Waals surface area contributed by atoms with Crippen LogP contribution in [0.25, 0.3) is 0 Å². The van der Waals surface area contributed by atoms with E-state index in [1.165, 1.54) is 0 Å². The summed E-state index contributed by atoms with van der Waals surface area (Å²) in [6.07, 6.45) is 3.10. The maximum absolute atomic E-state index is 12.4. The third-order valence-electron chi connectivity index (χ3n) is 3.84. The summed E-state index contributed by atoms with van der Waals surface area (Å²) in [7, 11) is 1.57. The fourth-order valence-electron chi connectivity index (χ4n) is 2.37. The van der Waals surface area contributed by atoms with Crippen LogP contribution in [-0.2, 0) is 0 Å². The summed E-state index contributed by atoms with van der Waals surface area (Å²) < 4.78 is 11.7. The normalized spacial score (nSPS) is 10.2. The standard InChI is InChI=1S/C20H23IN2O4/c1-3-4-7-12-27-17-9-6-5-8-15(17)20(25)23-22-19(24)14-10-11-18(26-2)16(21)13-14/h5-6,8-11,13H,3-4,7,12H2,1-2H3,(H,22,24)(H,23,25). The van der Waals surface area contributed by atoms with E-state index in [9.17, 15) is 9.59 Å². The zero-order chi connectivity index (χ0) is 19.6. The monoisotopic (exact) mass is 482 g/mol. The number of hydrogen-bond donors (Lipinski definition) is 2. The molecular weight excluding hydrogens is 459 g/mol. The van der Waals surface area contributed by atoms with Gasteiger partial charge < -0.3 is 9.47 Å². The molecule has 0 radical (unpaired) electrons. The molecule has 2 N–H and O–H groups in total. The highest BCUT2D eigenvalue weighted by atomic mass is 127. The molecule has 27 heavy (non-hydrogen) atoms. The van der Waals surface area contributed by atoms with E-state index in [1.807, 2.05) is 6.07 Å². The van der Waals surface area contributed by atoms with Crippen LogP contribution in [0.5, 0.6) is 11.5 Å². The lowest BCUT2D eigenvalue weighted by molar-refractivity contribution is 0.0844. The Morgan fingerprint density at radius 3 is 2.44 bits per heavy atom. The van der Waals surface area contributed by atoms with Crippen molar-refractivity contribution in [3.8, 4) is 11.5 Å². The van der Waals surface area contributed by atoms with Crippen molar-refractivity contribution in [1.29, 1.82) is 0 Å². The lowest BCUT2D eigenvalue weighted by Crippen LogP contribution is -2.41. The smallest absolute Gasteiger partial charge is 0.273 e. The van der Waals surface area contributed by atoms with Crippen LogP contribution in [-0.4, -0.2) is 25.5 Å². The number of hydrogen-bond acceptors (Lipinski definition) is 4. The zero-order valence-corrected chi connectivity index (χ0v) is 17.5. The minimum atomic E-state index is -0.433. The van der Waals surface area contributed by atoms with E-state index >= 15 is 0 Å². The fraction of sp³-hybridized carbons (Fsp3) is 0.300. The summed E-state index contributed by atoms with van der Waals surface area (Å²) in [5.74, 6) is 0.340. The van der Waals surface area contributed by atoms with Gasteiger partial charge in [-0.25, -0.2) is 0 Å². The highest BCUT2D eigenvalue weighted by molar-refractivity contribution is 14.1. The van der Waals surface area contributed by atoms with Gasteiger partial charge in [0.15, 0.2) is 0 Å². The number of benzene rings is 2. The first-order valence-corrected chi connectivity index (χ1v) is 9.80. The Balaban J connectivity index is 1.97. The van der Waals surface area contributed by atoms with Crippen molar-refractivity contribution in [3.05, 3.63) is 57.2 Å². The number of unbranched alkanes of at least 4 members (excludes halogenated alkanes) is 2. The Morgan fingerprint density at radius 2 is 1.74 bits per heavy atom. The number of carbonyl (C=O) groups is 2. The highest BCUT2D eigenvalue weighted by Gasteiger charge is 2.14. The molecule has 0 fully saturated rings. The second kappa shape index (κ2) is 10.8. The Morgan fingerprint density at radius 1 is 1.00 bits per heavy atom. The molecule has 6 nitrogen and oxygen atoms in total. The number of amides is 2. The maximum atomic E-state index is 12.4. The summed E-state index contributed by atoms with van der Waals surface area (Å²) in [6, 6.07) is 12.0. The van der Waals surface area contributed by atoms with Crippen molar-refractivity contribution in [2.75, 3.05) is 13.7 Å². The van der Waals surface area contributed by atoms with E-state index in [2.05, 4.69) is 40.4 Å². The van der Waals surface area contributed by atoms with Gasteiger partial charge in [-0.05, 0) is 59.3 Å². The summed E-state index contributed by atoms with van der Waals surface area (Å²) in [6.45, 7) is 2.67. The van der Waals surface area contributed by atoms with Gasteiger partial charge in [-0.15, -0.1) is 0 Å². The van der Waals surface area contributed by atoms with Crippen LogP contribution < -0.4 is 20.3 Å². The fourth-order valence-corrected chi connectivity index (χ4v) is 3.11. The van der Waals surface area contributed by atoms with Gasteiger partial charge in [-0.2, -0.15) is 0 Å². The Bertz CT molecular complexity index is 795. The molecule has 2 amide bonds. The molecule has 144 valence electrons. The average Bonchev–Trinajstić information content (AvgIpc) is 2.69. The first kappa shape index (κ1) is 21.0. The van der Waals surface area contributed by atoms with Crippen LogP contribution in [0.2, 0.25) is 0 Å². The number of rotatable bonds is 8. The first-order valence-electron chi connectivity index (χ1n) is 8.72. The maximum Gasteiger partial charge on any atom is 0.273 e. The molecular formula is C20H23IN2O4. The highest BCUT2D eigenvalue weighted by Crippen LogP contribution is 2.21. The third kappa shape index (κ3) is 6.13. The van der Waals surface area contributed by atoms with E-state index in [-0.39, 0.29) is 0 Å². The van der Waals surface area contributed by atoms with E-state index in [4.69, 9.17) is 9.47 Å². The molecule has 0 aliphatic heterocycles. The molecule has 0 saturated carbocycles. The molecule has 0 heterocycles. The van der Waals surface area contributed by atoms with Crippen molar-refractivity contribution >= 4 is 34.4 Å². The Kier molecular flexibility index (Phi) is 8.38. The van der Waals surface area contributed by atoms with E-state index < -0.39 is 11.8 Å². The predicted octanol–water partition coefficient (Wildman–Crippen LogP) is 3.94. The molecule has 0 saturated heterocycles. The van der Waals surface area contributed by atoms with Crippen LogP contribution in [0.4, 0.5) is 0 Å². The predicted molar refractivity (Wildman–Crippen MR) is 112 cm³/mol. The minimum absolute atomic E-state index is 0.374. The van der Waals surface area contributed by atoms with Crippen LogP contribution >= 0.6 is 22.6 Å². The van der Waals surface area contributed by atoms with Crippen molar-refractivity contribution < 1.29 is 19.1 Å². The van der Waals surface area contributed by atoms with Gasteiger partial charge in [0.2, 0.25) is 0 Å². The van der Waals surface area contributed by atoms with Crippen LogP contribution in [0.3, 0.4) is 0 Å². The summed E-state index contributed by atoms with van der Waals surface area (Å²) in [4.78, 5) is 24.7. The third-order valence-corrected chi connectivity index (χ3v) is 4.68. The Labute approximate surface area is 172 Å².